The van der Waals surface area contributed by atoms with Gasteiger partial charge in [0.05, 0.1) is 0 Å². The van der Waals surface area contributed by atoms with Gasteiger partial charge in [0, 0.05) is 76.6 Å². The minimum absolute atomic E-state index is 0.296. The summed E-state index contributed by atoms with van der Waals surface area (Å²) in [6.45, 7) is 0.615. The van der Waals surface area contributed by atoms with Crippen LogP contribution in [0.2, 0.25) is 0 Å². The molecule has 0 aliphatic carbocycles. The van der Waals surface area contributed by atoms with Crippen molar-refractivity contribution in [2.24, 2.45) is 0 Å². The molecule has 0 saturated carbocycles. The Morgan fingerprint density at radius 2 is 0.662 bits per heavy atom. The maximum Gasteiger partial charge on any atom is 0.261 e. The fourth-order valence-corrected chi connectivity index (χ4v) is 13.1. The molecule has 2 aliphatic heterocycles. The molecule has 0 spiro atoms. The highest BCUT2D eigenvalue weighted by Crippen LogP contribution is 2.50. The van der Waals surface area contributed by atoms with E-state index in [9.17, 15) is 19.2 Å². The number of carbonyl (C=O) groups excluding carboxylic acids is 4. The maximum absolute atomic E-state index is 14.5. The van der Waals surface area contributed by atoms with Gasteiger partial charge in [-0.2, -0.15) is 0 Å². The predicted octanol–water partition coefficient (Wildman–Crippen LogP) is 15.1. The van der Waals surface area contributed by atoms with Crippen LogP contribution in [0.1, 0.15) is 78.2 Å². The van der Waals surface area contributed by atoms with Crippen LogP contribution in [0.4, 0.5) is 0 Å². The Balaban J connectivity index is 0.808. The van der Waals surface area contributed by atoms with Crippen molar-refractivity contribution in [3.05, 3.63) is 188 Å². The number of rotatable bonds is 10. The molecular formula is C60H40Br2N2O4. The molecule has 0 atom stereocenters. The van der Waals surface area contributed by atoms with Crippen molar-refractivity contribution in [2.75, 3.05) is 13.1 Å². The van der Waals surface area contributed by atoms with Crippen LogP contribution in [0, 0.1) is 0 Å². The predicted molar refractivity (Wildman–Crippen MR) is 283 cm³/mol. The first-order valence-electron chi connectivity index (χ1n) is 23.4. The molecule has 4 amide bonds. The summed E-state index contributed by atoms with van der Waals surface area (Å²) >= 11 is 7.77. The first-order valence-corrected chi connectivity index (χ1v) is 25.0. The van der Waals surface area contributed by atoms with Gasteiger partial charge >= 0.3 is 0 Å². The van der Waals surface area contributed by atoms with Gasteiger partial charge in [0.25, 0.3) is 23.6 Å². The van der Waals surface area contributed by atoms with Gasteiger partial charge in [-0.05, 0) is 140 Å². The van der Waals surface area contributed by atoms with Gasteiger partial charge in [0.2, 0.25) is 0 Å². The topological polar surface area (TPSA) is 74.8 Å². The Morgan fingerprint density at radius 1 is 0.324 bits per heavy atom. The number of aryl methyl sites for hydroxylation is 2. The fourth-order valence-electron chi connectivity index (χ4n) is 11.8. The quantitative estimate of drug-likeness (QED) is 0.0592. The van der Waals surface area contributed by atoms with E-state index in [0.717, 1.165) is 58.0 Å². The number of imide groups is 2. The van der Waals surface area contributed by atoms with Crippen molar-refractivity contribution >= 4 is 142 Å². The average Bonchev–Trinajstić information content (AvgIpc) is 3.36. The molecule has 2 heterocycles. The molecule has 2 aliphatic rings. The third-order valence-corrected chi connectivity index (χ3v) is 16.0. The van der Waals surface area contributed by atoms with Crippen molar-refractivity contribution < 1.29 is 19.2 Å². The third kappa shape index (κ3) is 6.06. The van der Waals surface area contributed by atoms with E-state index in [4.69, 9.17) is 0 Å². The van der Waals surface area contributed by atoms with Crippen molar-refractivity contribution in [3.8, 4) is 0 Å². The van der Waals surface area contributed by atoms with Crippen LogP contribution in [0.15, 0.2) is 155 Å². The molecule has 0 aromatic heterocycles. The number of nitrogens with zero attached hydrogens (tertiary/aromatic N) is 2. The molecule has 0 unspecified atom stereocenters. The Labute approximate surface area is 407 Å². The molecule has 68 heavy (non-hydrogen) atoms. The highest BCUT2D eigenvalue weighted by Gasteiger charge is 2.38. The van der Waals surface area contributed by atoms with Gasteiger partial charge in [-0.25, -0.2) is 0 Å². The lowest BCUT2D eigenvalue weighted by molar-refractivity contribution is 0.0592. The highest BCUT2D eigenvalue weighted by molar-refractivity contribution is 9.11. The van der Waals surface area contributed by atoms with Crippen LogP contribution in [0.25, 0.3) is 86.2 Å². The summed E-state index contributed by atoms with van der Waals surface area (Å²) in [4.78, 5) is 60.8. The molecule has 8 heteroatoms. The van der Waals surface area contributed by atoms with Crippen molar-refractivity contribution in [3.63, 3.8) is 0 Å². The number of halogens is 2. The van der Waals surface area contributed by atoms with Crippen molar-refractivity contribution in [1.29, 1.82) is 0 Å². The van der Waals surface area contributed by atoms with E-state index in [1.54, 1.807) is 0 Å². The molecular weight excluding hydrogens is 972 g/mol. The van der Waals surface area contributed by atoms with Crippen LogP contribution >= 0.6 is 31.9 Å². The van der Waals surface area contributed by atoms with Gasteiger partial charge in [-0.15, -0.1) is 0 Å². The Hall–Kier alpha value is -7.00. The molecule has 6 nitrogen and oxygen atoms in total. The van der Waals surface area contributed by atoms with Gasteiger partial charge < -0.3 is 0 Å². The lowest BCUT2D eigenvalue weighted by Crippen LogP contribution is -2.41. The molecule has 11 aromatic rings. The second kappa shape index (κ2) is 15.8. The van der Waals surface area contributed by atoms with E-state index in [1.165, 1.54) is 64.0 Å². The average molecular weight is 1010 g/mol. The zero-order valence-corrected chi connectivity index (χ0v) is 40.0. The smallest absolute Gasteiger partial charge is 0.261 e. The number of benzene rings is 11. The zero-order chi connectivity index (χ0) is 45.9. The SMILES string of the molecule is O=C1c2ccc3c4c(Br)cc5c6c(ccc(c7c(Br)cc(c2c37)C(=O)N1CCCCc1c2ccccc2cc2ccccc12)c64)C(=O)N(CCCCc1c2ccccc2cc2ccccc12)C5=O. The second-order valence-electron chi connectivity index (χ2n) is 18.4. The van der Waals surface area contributed by atoms with Crippen LogP contribution < -0.4 is 0 Å². The number of fused-ring (bicyclic) bond motifs is 6. The highest BCUT2D eigenvalue weighted by atomic mass is 79.9. The summed E-state index contributed by atoms with van der Waals surface area (Å²) in [6.07, 6.45) is 4.59. The number of hydrogen-bond donors (Lipinski definition) is 0. The Bertz CT molecular complexity index is 3690. The van der Waals surface area contributed by atoms with E-state index in [-0.39, 0.29) is 23.6 Å². The van der Waals surface area contributed by atoms with Gasteiger partial charge in [0.1, 0.15) is 0 Å². The van der Waals surface area contributed by atoms with Gasteiger partial charge in [-0.3, -0.25) is 29.0 Å². The van der Waals surface area contributed by atoms with Crippen LogP contribution in [-0.4, -0.2) is 46.5 Å². The van der Waals surface area contributed by atoms with Crippen molar-refractivity contribution in [2.45, 2.75) is 38.5 Å². The van der Waals surface area contributed by atoms with Crippen LogP contribution in [-0.2, 0) is 12.8 Å². The minimum Gasteiger partial charge on any atom is -0.274 e. The number of hydrogen-bond acceptors (Lipinski definition) is 4. The molecule has 13 rings (SSSR count). The number of amides is 4. The molecule has 11 aromatic carbocycles. The van der Waals surface area contributed by atoms with E-state index in [0.29, 0.717) is 67.9 Å². The van der Waals surface area contributed by atoms with Gasteiger partial charge in [-0.1, -0.05) is 141 Å². The molecule has 0 fully saturated rings. The van der Waals surface area contributed by atoms with E-state index in [2.05, 4.69) is 141 Å². The minimum atomic E-state index is -0.306. The summed E-state index contributed by atoms with van der Waals surface area (Å²) in [7, 11) is 0. The van der Waals surface area contributed by atoms with Crippen LogP contribution in [0.3, 0.4) is 0 Å². The number of unbranched alkanes of at least 4 members (excludes halogenated alkanes) is 2. The second-order valence-corrected chi connectivity index (χ2v) is 20.1. The molecule has 0 N–H and O–H groups in total. The normalized spacial score (nSPS) is 14.0. The molecule has 0 saturated heterocycles. The summed E-state index contributed by atoms with van der Waals surface area (Å²) in [5.41, 5.74) is 4.52. The fraction of sp³-hybridized carbons (Fsp3) is 0.133. The number of carbonyl (C=O) groups is 4. The third-order valence-electron chi connectivity index (χ3n) is 14.8. The standard InChI is InChI=1S/C60H40Br2N2O4/c61-49-31-47-51-45(57(65)63(59(47)67)27-11-9-21-41-37-17-5-1-13-33(37)29-34-14-2-6-18-38(34)41)25-23-43-54-50(62)32-48-52-46(26-24-44(56(52)54)53(49)55(43)51)58(66)64(60(48)68)28-12-10-22-42-39-19-7-3-15-35(39)30-36-16-4-8-20-40(36)42/h1-8,13-20,23-26,29-32H,9-12,21-22,27-28H2. The van der Waals surface area contributed by atoms with E-state index in [1.807, 2.05) is 36.4 Å². The lowest BCUT2D eigenvalue weighted by Gasteiger charge is -2.31. The first kappa shape index (κ1) is 41.2. The molecule has 328 valence electrons. The summed E-state index contributed by atoms with van der Waals surface area (Å²) in [5, 5.41) is 16.0. The van der Waals surface area contributed by atoms with E-state index < -0.39 is 0 Å². The maximum atomic E-state index is 14.5. The molecule has 0 bridgehead atoms. The molecule has 0 radical (unpaired) electrons. The van der Waals surface area contributed by atoms with Crippen molar-refractivity contribution in [1.82, 2.24) is 9.80 Å². The summed E-state index contributed by atoms with van der Waals surface area (Å²) in [5.74, 6) is -1.21. The van der Waals surface area contributed by atoms with Crippen LogP contribution in [0.5, 0.6) is 0 Å². The van der Waals surface area contributed by atoms with E-state index >= 15 is 0 Å². The lowest BCUT2D eigenvalue weighted by atomic mass is 9.82. The largest absolute Gasteiger partial charge is 0.274 e. The Morgan fingerprint density at radius 3 is 1.03 bits per heavy atom. The monoisotopic (exact) mass is 1010 g/mol. The first-order chi connectivity index (χ1) is 33.3. The summed E-state index contributed by atoms with van der Waals surface area (Å²) in [6, 6.07) is 49.7. The zero-order valence-electron chi connectivity index (χ0n) is 36.8. The Kier molecular flexibility index (Phi) is 9.57. The van der Waals surface area contributed by atoms with Gasteiger partial charge in [0.15, 0.2) is 0 Å². The summed E-state index contributed by atoms with van der Waals surface area (Å²) < 4.78 is 1.42.